The van der Waals surface area contributed by atoms with Crippen molar-refractivity contribution < 1.29 is 9.59 Å². The van der Waals surface area contributed by atoms with Gasteiger partial charge in [-0.1, -0.05) is 37.3 Å². The predicted octanol–water partition coefficient (Wildman–Crippen LogP) is 2.34. The summed E-state index contributed by atoms with van der Waals surface area (Å²) in [6.07, 6.45) is 0.0378. The van der Waals surface area contributed by atoms with E-state index in [0.29, 0.717) is 0 Å². The van der Waals surface area contributed by atoms with Crippen LogP contribution in [0.15, 0.2) is 30.3 Å². The zero-order valence-electron chi connectivity index (χ0n) is 8.49. The van der Waals surface area contributed by atoms with Crippen LogP contribution in [0.5, 0.6) is 0 Å². The zero-order chi connectivity index (χ0) is 10.6. The Hall–Kier alpha value is -1.44. The normalized spacial score (nSPS) is 12.1. The average Bonchev–Trinajstić information content (AvgIpc) is 2.17. The summed E-state index contributed by atoms with van der Waals surface area (Å²) < 4.78 is 0. The van der Waals surface area contributed by atoms with Gasteiger partial charge in [-0.15, -0.1) is 0 Å². The van der Waals surface area contributed by atoms with E-state index in [1.807, 2.05) is 37.3 Å². The van der Waals surface area contributed by atoms with Crippen molar-refractivity contribution in [3.63, 3.8) is 0 Å². The zero-order valence-corrected chi connectivity index (χ0v) is 8.49. The first-order valence-corrected chi connectivity index (χ1v) is 4.68. The molecular formula is C12H14O2. The van der Waals surface area contributed by atoms with Crippen LogP contribution in [-0.4, -0.2) is 11.6 Å². The summed E-state index contributed by atoms with van der Waals surface area (Å²) >= 11 is 0. The molecule has 0 spiro atoms. The lowest BCUT2D eigenvalue weighted by molar-refractivity contribution is -0.126. The molecule has 0 saturated carbocycles. The second kappa shape index (κ2) is 4.70. The SMILES string of the molecule is CC(=O)CC(=O)C(C)c1ccccc1. The Balaban J connectivity index is 2.71. The molecule has 0 aromatic heterocycles. The lowest BCUT2D eigenvalue weighted by Gasteiger charge is -2.08. The van der Waals surface area contributed by atoms with Crippen LogP contribution in [0.4, 0.5) is 0 Å². The largest absolute Gasteiger partial charge is 0.300 e. The van der Waals surface area contributed by atoms with Crippen molar-refractivity contribution in [1.29, 1.82) is 0 Å². The van der Waals surface area contributed by atoms with Gasteiger partial charge in [-0.3, -0.25) is 9.59 Å². The van der Waals surface area contributed by atoms with Crippen LogP contribution in [0.3, 0.4) is 0 Å². The highest BCUT2D eigenvalue weighted by Crippen LogP contribution is 2.16. The molecule has 0 amide bonds. The van der Waals surface area contributed by atoms with E-state index in [2.05, 4.69) is 0 Å². The number of carbonyl (C=O) groups is 2. The molecule has 0 aliphatic heterocycles. The van der Waals surface area contributed by atoms with Crippen molar-refractivity contribution >= 4 is 11.6 Å². The Morgan fingerprint density at radius 1 is 1.21 bits per heavy atom. The number of ketones is 2. The molecule has 14 heavy (non-hydrogen) atoms. The van der Waals surface area contributed by atoms with Gasteiger partial charge in [0.1, 0.15) is 11.6 Å². The molecule has 2 heteroatoms. The fourth-order valence-corrected chi connectivity index (χ4v) is 1.33. The van der Waals surface area contributed by atoms with Crippen molar-refractivity contribution in [1.82, 2.24) is 0 Å². The first kappa shape index (κ1) is 10.6. The summed E-state index contributed by atoms with van der Waals surface area (Å²) in [4.78, 5) is 22.3. The Bertz CT molecular complexity index is 327. The minimum atomic E-state index is -0.180. The molecule has 0 aliphatic carbocycles. The molecule has 1 rings (SSSR count). The number of hydrogen-bond acceptors (Lipinski definition) is 2. The number of hydrogen-bond donors (Lipinski definition) is 0. The van der Waals surface area contributed by atoms with Crippen LogP contribution in [0.2, 0.25) is 0 Å². The third-order valence-electron chi connectivity index (χ3n) is 2.21. The van der Waals surface area contributed by atoms with E-state index in [-0.39, 0.29) is 23.9 Å². The van der Waals surface area contributed by atoms with E-state index >= 15 is 0 Å². The van der Waals surface area contributed by atoms with Gasteiger partial charge in [0.2, 0.25) is 0 Å². The fraction of sp³-hybridized carbons (Fsp3) is 0.333. The standard InChI is InChI=1S/C12H14O2/c1-9(13)8-12(14)10(2)11-6-4-3-5-7-11/h3-7,10H,8H2,1-2H3. The van der Waals surface area contributed by atoms with Crippen LogP contribution < -0.4 is 0 Å². The molecule has 0 radical (unpaired) electrons. The van der Waals surface area contributed by atoms with Gasteiger partial charge in [0.15, 0.2) is 0 Å². The van der Waals surface area contributed by atoms with Gasteiger partial charge < -0.3 is 0 Å². The molecule has 0 N–H and O–H groups in total. The smallest absolute Gasteiger partial charge is 0.147 e. The molecule has 1 unspecified atom stereocenters. The number of Topliss-reactive ketones (excluding diaryl/α,β-unsaturated/α-hetero) is 2. The first-order chi connectivity index (χ1) is 6.61. The van der Waals surface area contributed by atoms with Crippen LogP contribution in [0, 0.1) is 0 Å². The maximum absolute atomic E-state index is 11.5. The molecule has 1 atom stereocenters. The highest BCUT2D eigenvalue weighted by Gasteiger charge is 2.15. The summed E-state index contributed by atoms with van der Waals surface area (Å²) in [7, 11) is 0. The highest BCUT2D eigenvalue weighted by atomic mass is 16.1. The molecular weight excluding hydrogens is 176 g/mol. The Labute approximate surface area is 83.9 Å². The van der Waals surface area contributed by atoms with Gasteiger partial charge in [0, 0.05) is 5.92 Å². The monoisotopic (exact) mass is 190 g/mol. The van der Waals surface area contributed by atoms with E-state index in [9.17, 15) is 9.59 Å². The van der Waals surface area contributed by atoms with Crippen LogP contribution in [0.1, 0.15) is 31.7 Å². The summed E-state index contributed by atoms with van der Waals surface area (Å²) in [6, 6.07) is 9.51. The summed E-state index contributed by atoms with van der Waals surface area (Å²) in [5.74, 6) is -0.262. The van der Waals surface area contributed by atoms with E-state index in [1.165, 1.54) is 6.92 Å². The van der Waals surface area contributed by atoms with Gasteiger partial charge in [0.25, 0.3) is 0 Å². The number of carbonyl (C=O) groups excluding carboxylic acids is 2. The van der Waals surface area contributed by atoms with Crippen molar-refractivity contribution in [2.45, 2.75) is 26.2 Å². The fourth-order valence-electron chi connectivity index (χ4n) is 1.33. The van der Waals surface area contributed by atoms with Crippen LogP contribution in [-0.2, 0) is 9.59 Å². The number of benzene rings is 1. The lowest BCUT2D eigenvalue weighted by Crippen LogP contribution is -2.12. The summed E-state index contributed by atoms with van der Waals surface area (Å²) in [6.45, 7) is 3.27. The molecule has 0 aliphatic rings. The van der Waals surface area contributed by atoms with Crippen molar-refractivity contribution in [2.24, 2.45) is 0 Å². The minimum absolute atomic E-state index is 0.0105. The van der Waals surface area contributed by atoms with Crippen molar-refractivity contribution in [3.8, 4) is 0 Å². The quantitative estimate of drug-likeness (QED) is 0.683. The Morgan fingerprint density at radius 3 is 2.29 bits per heavy atom. The van der Waals surface area contributed by atoms with Gasteiger partial charge in [-0.25, -0.2) is 0 Å². The molecule has 74 valence electrons. The third-order valence-corrected chi connectivity index (χ3v) is 2.21. The van der Waals surface area contributed by atoms with Crippen LogP contribution >= 0.6 is 0 Å². The molecule has 0 fully saturated rings. The highest BCUT2D eigenvalue weighted by molar-refractivity contribution is 6.00. The van der Waals surface area contributed by atoms with Crippen molar-refractivity contribution in [2.75, 3.05) is 0 Å². The van der Waals surface area contributed by atoms with Gasteiger partial charge in [-0.05, 0) is 12.5 Å². The molecule has 2 nitrogen and oxygen atoms in total. The van der Waals surface area contributed by atoms with Crippen molar-refractivity contribution in [3.05, 3.63) is 35.9 Å². The van der Waals surface area contributed by atoms with E-state index in [1.54, 1.807) is 0 Å². The lowest BCUT2D eigenvalue weighted by atomic mass is 9.94. The molecule has 0 heterocycles. The molecule has 0 saturated heterocycles. The Kier molecular flexibility index (Phi) is 3.57. The maximum atomic E-state index is 11.5. The van der Waals surface area contributed by atoms with E-state index in [4.69, 9.17) is 0 Å². The first-order valence-electron chi connectivity index (χ1n) is 4.68. The van der Waals surface area contributed by atoms with Crippen LogP contribution in [0.25, 0.3) is 0 Å². The minimum Gasteiger partial charge on any atom is -0.300 e. The van der Waals surface area contributed by atoms with Gasteiger partial charge >= 0.3 is 0 Å². The van der Waals surface area contributed by atoms with Gasteiger partial charge in [-0.2, -0.15) is 0 Å². The van der Waals surface area contributed by atoms with Gasteiger partial charge in [0.05, 0.1) is 6.42 Å². The molecule has 0 bridgehead atoms. The number of rotatable bonds is 4. The predicted molar refractivity (Wildman–Crippen MR) is 55.2 cm³/mol. The van der Waals surface area contributed by atoms with E-state index in [0.717, 1.165) is 5.56 Å². The molecule has 1 aromatic carbocycles. The van der Waals surface area contributed by atoms with E-state index < -0.39 is 0 Å². The summed E-state index contributed by atoms with van der Waals surface area (Å²) in [5, 5.41) is 0. The topological polar surface area (TPSA) is 34.1 Å². The second-order valence-electron chi connectivity index (χ2n) is 3.48. The molecule has 1 aromatic rings. The second-order valence-corrected chi connectivity index (χ2v) is 3.48. The average molecular weight is 190 g/mol. The maximum Gasteiger partial charge on any atom is 0.147 e. The Morgan fingerprint density at radius 2 is 1.79 bits per heavy atom. The summed E-state index contributed by atoms with van der Waals surface area (Å²) in [5.41, 5.74) is 0.971. The third kappa shape index (κ3) is 2.80.